The highest BCUT2D eigenvalue weighted by Crippen LogP contribution is 2.32. The fourth-order valence-corrected chi connectivity index (χ4v) is 3.63. The van der Waals surface area contributed by atoms with Gasteiger partial charge in [0.2, 0.25) is 0 Å². The standard InChI is InChI=1S/C19H21Br2NO3/c1-23-8-9-25-11-10-24-7-6-22-18-4-2-14(20)12-16(18)17-13-15(21)3-5-19(17)22/h2-5,12-13H,6-11H2,1H3. The van der Waals surface area contributed by atoms with E-state index in [1.54, 1.807) is 7.11 Å². The van der Waals surface area contributed by atoms with Gasteiger partial charge >= 0.3 is 0 Å². The minimum absolute atomic E-state index is 0.594. The zero-order chi connectivity index (χ0) is 17.6. The van der Waals surface area contributed by atoms with E-state index in [1.165, 1.54) is 21.8 Å². The molecule has 0 amide bonds. The molecule has 1 heterocycles. The number of hydrogen-bond acceptors (Lipinski definition) is 3. The lowest BCUT2D eigenvalue weighted by Crippen LogP contribution is -2.11. The zero-order valence-electron chi connectivity index (χ0n) is 14.1. The number of hydrogen-bond donors (Lipinski definition) is 0. The van der Waals surface area contributed by atoms with E-state index in [4.69, 9.17) is 14.2 Å². The summed E-state index contributed by atoms with van der Waals surface area (Å²) in [7, 11) is 1.67. The van der Waals surface area contributed by atoms with Crippen LogP contribution < -0.4 is 0 Å². The number of rotatable bonds is 9. The number of ether oxygens (including phenoxy) is 3. The van der Waals surface area contributed by atoms with Gasteiger partial charge in [-0.15, -0.1) is 0 Å². The van der Waals surface area contributed by atoms with Crippen LogP contribution >= 0.6 is 31.9 Å². The first-order chi connectivity index (χ1) is 12.2. The third-order valence-corrected chi connectivity index (χ3v) is 5.04. The quantitative estimate of drug-likeness (QED) is 0.412. The molecule has 2 aromatic carbocycles. The van der Waals surface area contributed by atoms with Crippen molar-refractivity contribution in [1.29, 1.82) is 0 Å². The molecule has 0 fully saturated rings. The Balaban J connectivity index is 1.70. The Morgan fingerprint density at radius 1 is 0.760 bits per heavy atom. The molecule has 0 radical (unpaired) electrons. The fraction of sp³-hybridized carbons (Fsp3) is 0.368. The summed E-state index contributed by atoms with van der Waals surface area (Å²) in [4.78, 5) is 0. The van der Waals surface area contributed by atoms with Crippen molar-refractivity contribution in [2.24, 2.45) is 0 Å². The van der Waals surface area contributed by atoms with Crippen LogP contribution in [0.3, 0.4) is 0 Å². The van der Waals surface area contributed by atoms with Gasteiger partial charge in [0.25, 0.3) is 0 Å². The molecule has 3 rings (SSSR count). The van der Waals surface area contributed by atoms with Crippen molar-refractivity contribution in [2.75, 3.05) is 40.1 Å². The molecule has 0 N–H and O–H groups in total. The van der Waals surface area contributed by atoms with Gasteiger partial charge in [-0.25, -0.2) is 0 Å². The lowest BCUT2D eigenvalue weighted by Gasteiger charge is -2.09. The third kappa shape index (κ3) is 4.63. The first-order valence-corrected chi connectivity index (χ1v) is 9.81. The van der Waals surface area contributed by atoms with Crippen molar-refractivity contribution in [1.82, 2.24) is 4.57 Å². The van der Waals surface area contributed by atoms with Crippen molar-refractivity contribution in [3.63, 3.8) is 0 Å². The van der Waals surface area contributed by atoms with Gasteiger partial charge in [-0.05, 0) is 36.4 Å². The Kier molecular flexibility index (Phi) is 6.90. The molecule has 0 spiro atoms. The summed E-state index contributed by atoms with van der Waals surface area (Å²) in [5.74, 6) is 0. The molecular formula is C19H21Br2NO3. The Bertz CT molecular complexity index is 788. The van der Waals surface area contributed by atoms with E-state index in [9.17, 15) is 0 Å². The van der Waals surface area contributed by atoms with Gasteiger partial charge in [-0.2, -0.15) is 0 Å². The second-order valence-electron chi connectivity index (χ2n) is 5.69. The Labute approximate surface area is 164 Å². The van der Waals surface area contributed by atoms with E-state index in [1.807, 2.05) is 0 Å². The van der Waals surface area contributed by atoms with Crippen LogP contribution in [0.1, 0.15) is 0 Å². The molecule has 0 aliphatic heterocycles. The van der Waals surface area contributed by atoms with Crippen LogP contribution in [0, 0.1) is 0 Å². The molecular weight excluding hydrogens is 450 g/mol. The molecule has 0 aliphatic rings. The van der Waals surface area contributed by atoms with Gasteiger partial charge in [0.15, 0.2) is 0 Å². The van der Waals surface area contributed by atoms with Gasteiger partial charge < -0.3 is 18.8 Å². The van der Waals surface area contributed by atoms with E-state index in [0.717, 1.165) is 15.5 Å². The van der Waals surface area contributed by atoms with Crippen molar-refractivity contribution < 1.29 is 14.2 Å². The molecule has 3 aromatic rings. The highest BCUT2D eigenvalue weighted by atomic mass is 79.9. The number of fused-ring (bicyclic) bond motifs is 3. The van der Waals surface area contributed by atoms with Gasteiger partial charge in [-0.3, -0.25) is 0 Å². The lowest BCUT2D eigenvalue weighted by molar-refractivity contribution is 0.0234. The molecule has 25 heavy (non-hydrogen) atoms. The Morgan fingerprint density at radius 3 is 1.84 bits per heavy atom. The van der Waals surface area contributed by atoms with Crippen LogP contribution in [0.15, 0.2) is 45.3 Å². The van der Waals surface area contributed by atoms with Gasteiger partial charge in [0.1, 0.15) is 0 Å². The summed E-state index contributed by atoms with van der Waals surface area (Å²) < 4.78 is 20.6. The summed E-state index contributed by atoms with van der Waals surface area (Å²) in [6.45, 7) is 3.87. The van der Waals surface area contributed by atoms with E-state index < -0.39 is 0 Å². The number of halogens is 2. The smallest absolute Gasteiger partial charge is 0.0701 e. The second-order valence-corrected chi connectivity index (χ2v) is 7.52. The maximum Gasteiger partial charge on any atom is 0.0701 e. The molecule has 0 aliphatic carbocycles. The molecule has 0 saturated heterocycles. The van der Waals surface area contributed by atoms with Crippen molar-refractivity contribution >= 4 is 53.7 Å². The minimum Gasteiger partial charge on any atom is -0.382 e. The predicted molar refractivity (Wildman–Crippen MR) is 108 cm³/mol. The molecule has 134 valence electrons. The minimum atomic E-state index is 0.594. The van der Waals surface area contributed by atoms with Crippen molar-refractivity contribution in [3.05, 3.63) is 45.3 Å². The first kappa shape index (κ1) is 18.9. The Hall–Kier alpha value is -0.920. The highest BCUT2D eigenvalue weighted by Gasteiger charge is 2.11. The lowest BCUT2D eigenvalue weighted by atomic mass is 10.2. The summed E-state index contributed by atoms with van der Waals surface area (Å²) in [6.07, 6.45) is 0. The summed E-state index contributed by atoms with van der Waals surface area (Å²) in [5.41, 5.74) is 2.44. The summed E-state index contributed by atoms with van der Waals surface area (Å²) in [5, 5.41) is 2.49. The number of nitrogens with zero attached hydrogens (tertiary/aromatic N) is 1. The average Bonchev–Trinajstić information content (AvgIpc) is 2.90. The van der Waals surface area contributed by atoms with E-state index in [0.29, 0.717) is 33.0 Å². The van der Waals surface area contributed by atoms with E-state index in [2.05, 4.69) is 72.8 Å². The third-order valence-electron chi connectivity index (χ3n) is 4.05. The molecule has 0 unspecified atom stereocenters. The van der Waals surface area contributed by atoms with Crippen LogP contribution in [0.5, 0.6) is 0 Å². The van der Waals surface area contributed by atoms with Crippen LogP contribution in [0.4, 0.5) is 0 Å². The van der Waals surface area contributed by atoms with Crippen LogP contribution in [0.2, 0.25) is 0 Å². The SMILES string of the molecule is COCCOCCOCCn1c2ccc(Br)cc2c2cc(Br)ccc21. The number of methoxy groups -OCH3 is 1. The molecule has 6 heteroatoms. The fourth-order valence-electron chi connectivity index (χ4n) is 2.91. The van der Waals surface area contributed by atoms with Gasteiger partial charge in [0.05, 0.1) is 33.0 Å². The monoisotopic (exact) mass is 469 g/mol. The van der Waals surface area contributed by atoms with Crippen molar-refractivity contribution in [2.45, 2.75) is 6.54 Å². The second kappa shape index (κ2) is 9.14. The maximum absolute atomic E-state index is 5.73. The molecule has 1 aromatic heterocycles. The summed E-state index contributed by atoms with van der Waals surface area (Å²) in [6, 6.07) is 12.8. The Morgan fingerprint density at radius 2 is 1.28 bits per heavy atom. The highest BCUT2D eigenvalue weighted by molar-refractivity contribution is 9.10. The molecule has 0 saturated carbocycles. The van der Waals surface area contributed by atoms with Crippen molar-refractivity contribution in [3.8, 4) is 0 Å². The molecule has 4 nitrogen and oxygen atoms in total. The van der Waals surface area contributed by atoms with E-state index in [-0.39, 0.29) is 0 Å². The van der Waals surface area contributed by atoms with Crippen LogP contribution in [-0.2, 0) is 20.8 Å². The normalized spacial score (nSPS) is 11.6. The number of benzene rings is 2. The molecule has 0 bridgehead atoms. The van der Waals surface area contributed by atoms with Gasteiger partial charge in [-0.1, -0.05) is 31.9 Å². The van der Waals surface area contributed by atoms with Gasteiger partial charge in [0, 0.05) is 44.4 Å². The topological polar surface area (TPSA) is 32.6 Å². The van der Waals surface area contributed by atoms with Crippen LogP contribution in [-0.4, -0.2) is 44.7 Å². The molecule has 0 atom stereocenters. The predicted octanol–water partition coefficient (Wildman–Crippen LogP) is 5.00. The van der Waals surface area contributed by atoms with E-state index >= 15 is 0 Å². The van der Waals surface area contributed by atoms with Crippen LogP contribution in [0.25, 0.3) is 21.8 Å². The first-order valence-electron chi connectivity index (χ1n) is 8.22. The zero-order valence-corrected chi connectivity index (χ0v) is 17.3. The number of aromatic nitrogens is 1. The summed E-state index contributed by atoms with van der Waals surface area (Å²) >= 11 is 7.15. The largest absolute Gasteiger partial charge is 0.382 e. The average molecular weight is 471 g/mol. The maximum atomic E-state index is 5.73.